The molecule has 66 valence electrons. The predicted molar refractivity (Wildman–Crippen MR) is 57.4 cm³/mol. The van der Waals surface area contributed by atoms with Crippen molar-refractivity contribution in [1.29, 1.82) is 0 Å². The van der Waals surface area contributed by atoms with Crippen LogP contribution in [0.15, 0.2) is 11.1 Å². The molecule has 0 aromatic rings. The Morgan fingerprint density at radius 1 is 1.00 bits per heavy atom. The van der Waals surface area contributed by atoms with Crippen molar-refractivity contribution < 1.29 is 0 Å². The van der Waals surface area contributed by atoms with E-state index < -0.39 is 0 Å². The molecular weight excluding hydrogens is 152 g/mol. The van der Waals surface area contributed by atoms with Gasteiger partial charge in [-0.15, -0.1) is 0 Å². The highest BCUT2D eigenvalue weighted by atomic mass is 32.2. The predicted octanol–water partition coefficient (Wildman–Crippen LogP) is 3.00. The van der Waals surface area contributed by atoms with Crippen molar-refractivity contribution in [3.63, 3.8) is 0 Å². The molecule has 0 aliphatic carbocycles. The fourth-order valence-electron chi connectivity index (χ4n) is 0.859. The first-order chi connectivity index (χ1) is 5.11. The minimum Gasteiger partial charge on any atom is -0.0729 e. The van der Waals surface area contributed by atoms with Gasteiger partial charge in [-0.05, 0) is 51.1 Å². The lowest BCUT2D eigenvalue weighted by Crippen LogP contribution is -2.13. The Bertz CT molecular complexity index is 128. The molecule has 0 saturated carbocycles. The van der Waals surface area contributed by atoms with E-state index in [0.29, 0.717) is 10.9 Å². The van der Waals surface area contributed by atoms with Gasteiger partial charge in [0.1, 0.15) is 17.3 Å². The van der Waals surface area contributed by atoms with Crippen LogP contribution in [0.25, 0.3) is 0 Å². The largest absolute Gasteiger partial charge is 0.129 e. The van der Waals surface area contributed by atoms with Crippen molar-refractivity contribution in [2.24, 2.45) is 0 Å². The van der Waals surface area contributed by atoms with E-state index in [1.54, 1.807) is 5.57 Å². The van der Waals surface area contributed by atoms with Gasteiger partial charge in [-0.1, -0.05) is 5.57 Å². The summed E-state index contributed by atoms with van der Waals surface area (Å²) in [5, 5.41) is 0. The fourth-order valence-corrected chi connectivity index (χ4v) is 2.58. The monoisotopic (exact) mass is 173 g/mol. The quantitative estimate of drug-likeness (QED) is 0.453. The van der Waals surface area contributed by atoms with Crippen LogP contribution >= 0.6 is 0 Å². The van der Waals surface area contributed by atoms with Gasteiger partial charge in [0.2, 0.25) is 0 Å². The molecule has 0 unspecified atom stereocenters. The average molecular weight is 173 g/mol. The molecule has 0 nitrogen and oxygen atoms in total. The SMILES string of the molecule is CC[S+](CC)CC(C)=C(C)C. The highest BCUT2D eigenvalue weighted by molar-refractivity contribution is 7.96. The van der Waals surface area contributed by atoms with Gasteiger partial charge in [0.25, 0.3) is 0 Å². The summed E-state index contributed by atoms with van der Waals surface area (Å²) in [6.45, 7) is 11.3. The lowest BCUT2D eigenvalue weighted by atomic mass is 10.2. The molecule has 0 spiro atoms. The molecule has 0 radical (unpaired) electrons. The molecule has 0 heterocycles. The van der Waals surface area contributed by atoms with Crippen LogP contribution in [0.2, 0.25) is 0 Å². The summed E-state index contributed by atoms with van der Waals surface area (Å²) in [7, 11) is 0.653. The molecule has 0 fully saturated rings. The van der Waals surface area contributed by atoms with E-state index in [1.807, 2.05) is 0 Å². The van der Waals surface area contributed by atoms with Crippen LogP contribution in [0.3, 0.4) is 0 Å². The smallest absolute Gasteiger partial charge is 0.0729 e. The minimum atomic E-state index is 0.653. The first-order valence-electron chi connectivity index (χ1n) is 4.38. The van der Waals surface area contributed by atoms with Gasteiger partial charge in [0, 0.05) is 0 Å². The van der Waals surface area contributed by atoms with Crippen molar-refractivity contribution >= 4 is 10.9 Å². The molecule has 0 aromatic heterocycles. The third-order valence-corrected chi connectivity index (χ3v) is 4.56. The van der Waals surface area contributed by atoms with Gasteiger partial charge >= 0.3 is 0 Å². The first kappa shape index (κ1) is 11.1. The number of rotatable bonds is 4. The minimum absolute atomic E-state index is 0.653. The summed E-state index contributed by atoms with van der Waals surface area (Å²) in [5.41, 5.74) is 3.10. The normalized spacial score (nSPS) is 10.4. The summed E-state index contributed by atoms with van der Waals surface area (Å²) < 4.78 is 0. The average Bonchev–Trinajstić information content (AvgIpc) is 1.99. The standard InChI is InChI=1S/C10H21S/c1-6-11(7-2)8-10(5)9(3)4/h6-8H2,1-5H3/q+1. The van der Waals surface area contributed by atoms with E-state index in [9.17, 15) is 0 Å². The molecule has 11 heavy (non-hydrogen) atoms. The first-order valence-corrected chi connectivity index (χ1v) is 6.12. The van der Waals surface area contributed by atoms with Gasteiger partial charge in [-0.2, -0.15) is 0 Å². The van der Waals surface area contributed by atoms with Crippen molar-refractivity contribution in [2.75, 3.05) is 17.3 Å². The summed E-state index contributed by atoms with van der Waals surface area (Å²) in [6, 6.07) is 0. The van der Waals surface area contributed by atoms with E-state index >= 15 is 0 Å². The fraction of sp³-hybridized carbons (Fsp3) is 0.800. The lowest BCUT2D eigenvalue weighted by Gasteiger charge is -2.05. The zero-order valence-corrected chi connectivity index (χ0v) is 9.35. The third kappa shape index (κ3) is 4.52. The van der Waals surface area contributed by atoms with Crippen LogP contribution in [0.5, 0.6) is 0 Å². The molecule has 0 aliphatic heterocycles. The molecule has 0 aliphatic rings. The zero-order chi connectivity index (χ0) is 8.85. The van der Waals surface area contributed by atoms with Crippen molar-refractivity contribution in [3.8, 4) is 0 Å². The second-order valence-electron chi connectivity index (χ2n) is 3.11. The Labute approximate surface area is 74.4 Å². The van der Waals surface area contributed by atoms with Gasteiger partial charge in [-0.3, -0.25) is 0 Å². The highest BCUT2D eigenvalue weighted by Gasteiger charge is 2.12. The van der Waals surface area contributed by atoms with Crippen LogP contribution in [0, 0.1) is 0 Å². The zero-order valence-electron chi connectivity index (χ0n) is 8.53. The van der Waals surface area contributed by atoms with E-state index in [2.05, 4.69) is 34.6 Å². The topological polar surface area (TPSA) is 0 Å². The van der Waals surface area contributed by atoms with Crippen molar-refractivity contribution in [2.45, 2.75) is 34.6 Å². The molecule has 0 amide bonds. The molecule has 0 atom stereocenters. The Morgan fingerprint density at radius 3 is 1.73 bits per heavy atom. The number of allylic oxidation sites excluding steroid dienone is 1. The molecule has 0 saturated heterocycles. The van der Waals surface area contributed by atoms with Crippen LogP contribution in [-0.2, 0) is 10.9 Å². The van der Waals surface area contributed by atoms with E-state index in [4.69, 9.17) is 0 Å². The van der Waals surface area contributed by atoms with Crippen molar-refractivity contribution in [3.05, 3.63) is 11.1 Å². The number of hydrogen-bond acceptors (Lipinski definition) is 0. The third-order valence-electron chi connectivity index (χ3n) is 2.09. The Morgan fingerprint density at radius 2 is 1.45 bits per heavy atom. The second kappa shape index (κ2) is 5.70. The van der Waals surface area contributed by atoms with Crippen LogP contribution in [0.4, 0.5) is 0 Å². The van der Waals surface area contributed by atoms with Crippen LogP contribution in [-0.4, -0.2) is 17.3 Å². The molecule has 1 heteroatoms. The Hall–Kier alpha value is 0.0900. The highest BCUT2D eigenvalue weighted by Crippen LogP contribution is 2.08. The van der Waals surface area contributed by atoms with Gasteiger partial charge in [-0.25, -0.2) is 0 Å². The summed E-state index contributed by atoms with van der Waals surface area (Å²) in [4.78, 5) is 0. The molecule has 0 aromatic carbocycles. The summed E-state index contributed by atoms with van der Waals surface area (Å²) in [6.07, 6.45) is 0. The lowest BCUT2D eigenvalue weighted by molar-refractivity contribution is 1.23. The maximum Gasteiger partial charge on any atom is 0.129 e. The molecule has 0 N–H and O–H groups in total. The maximum absolute atomic E-state index is 2.30. The van der Waals surface area contributed by atoms with E-state index in [1.165, 1.54) is 22.8 Å². The van der Waals surface area contributed by atoms with Gasteiger partial charge in [0.15, 0.2) is 0 Å². The Kier molecular flexibility index (Phi) is 5.75. The number of hydrogen-bond donors (Lipinski definition) is 0. The van der Waals surface area contributed by atoms with Crippen molar-refractivity contribution in [1.82, 2.24) is 0 Å². The van der Waals surface area contributed by atoms with E-state index in [-0.39, 0.29) is 0 Å². The van der Waals surface area contributed by atoms with E-state index in [0.717, 1.165) is 0 Å². The summed E-state index contributed by atoms with van der Waals surface area (Å²) in [5.74, 6) is 4.03. The van der Waals surface area contributed by atoms with Gasteiger partial charge in [0.05, 0.1) is 0 Å². The Balaban J connectivity index is 3.91. The van der Waals surface area contributed by atoms with Gasteiger partial charge < -0.3 is 0 Å². The summed E-state index contributed by atoms with van der Waals surface area (Å²) >= 11 is 0. The molecule has 0 rings (SSSR count). The maximum atomic E-state index is 2.30. The van der Waals surface area contributed by atoms with Crippen LogP contribution < -0.4 is 0 Å². The molecular formula is C10H21S+. The second-order valence-corrected chi connectivity index (χ2v) is 5.78. The molecule has 0 bridgehead atoms. The van der Waals surface area contributed by atoms with Crippen LogP contribution in [0.1, 0.15) is 34.6 Å².